The average molecular weight is 193 g/mol. The Morgan fingerprint density at radius 3 is 2.86 bits per heavy atom. The van der Waals surface area contributed by atoms with Crippen LogP contribution in [0.25, 0.3) is 0 Å². The van der Waals surface area contributed by atoms with Gasteiger partial charge in [-0.3, -0.25) is 9.80 Å². The highest BCUT2D eigenvalue weighted by atomic mass is 16.2. The quantitative estimate of drug-likeness (QED) is 0.669. The van der Waals surface area contributed by atoms with E-state index in [2.05, 4.69) is 11.4 Å². The number of amides is 1. The first-order valence-corrected chi connectivity index (χ1v) is 4.87. The Labute approximate surface area is 83.8 Å². The van der Waals surface area contributed by atoms with E-state index in [4.69, 9.17) is 0 Å². The fourth-order valence-electron chi connectivity index (χ4n) is 1.99. The molecule has 1 unspecified atom stereocenters. The number of carbonyl (C=O) groups is 1. The molecule has 2 rings (SSSR count). The van der Waals surface area contributed by atoms with Gasteiger partial charge in [0.1, 0.15) is 6.17 Å². The van der Waals surface area contributed by atoms with Crippen LogP contribution in [-0.4, -0.2) is 28.6 Å². The summed E-state index contributed by atoms with van der Waals surface area (Å²) in [4.78, 5) is 11.7. The Morgan fingerprint density at radius 2 is 2.21 bits per heavy atom. The smallest absolute Gasteiger partial charge is 0.269 e. The third kappa shape index (κ3) is 1.18. The lowest BCUT2D eigenvalue weighted by Crippen LogP contribution is -2.53. The van der Waals surface area contributed by atoms with Gasteiger partial charge in [0.25, 0.3) is 5.91 Å². The third-order valence-electron chi connectivity index (χ3n) is 2.57. The zero-order valence-electron chi connectivity index (χ0n) is 8.74. The summed E-state index contributed by atoms with van der Waals surface area (Å²) >= 11 is 0. The zero-order valence-corrected chi connectivity index (χ0v) is 8.74. The number of hydrogen-bond donors (Lipinski definition) is 1. The van der Waals surface area contributed by atoms with E-state index in [1.54, 1.807) is 11.1 Å². The summed E-state index contributed by atoms with van der Waals surface area (Å²) in [5.41, 5.74) is 2.06. The van der Waals surface area contributed by atoms with Crippen molar-refractivity contribution in [2.45, 2.75) is 26.9 Å². The maximum Gasteiger partial charge on any atom is 0.269 e. The fraction of sp³-hybridized carbons (Fsp3) is 0.500. The lowest BCUT2D eigenvalue weighted by atomic mass is 10.3. The Kier molecular flexibility index (Phi) is 1.98. The van der Waals surface area contributed by atoms with Crippen molar-refractivity contribution in [3.05, 3.63) is 23.5 Å². The zero-order chi connectivity index (χ0) is 10.3. The summed E-state index contributed by atoms with van der Waals surface area (Å²) in [6.07, 6.45) is 3.70. The van der Waals surface area contributed by atoms with Crippen molar-refractivity contribution in [3.63, 3.8) is 0 Å². The molecule has 4 heteroatoms. The van der Waals surface area contributed by atoms with E-state index in [0.29, 0.717) is 0 Å². The first-order chi connectivity index (χ1) is 6.63. The van der Waals surface area contributed by atoms with Crippen LogP contribution < -0.4 is 5.32 Å². The molecule has 0 aromatic carbocycles. The maximum absolute atomic E-state index is 11.7. The van der Waals surface area contributed by atoms with Crippen molar-refractivity contribution in [1.29, 1.82) is 0 Å². The molecule has 0 saturated carbocycles. The standard InChI is InChI=1S/C10H15N3O/c1-4-12-8(3)6-9-11-7(2)5-10(14)13(9)12/h5-6,9,11H,4H2,1-3H3. The van der Waals surface area contributed by atoms with E-state index in [9.17, 15) is 4.79 Å². The minimum absolute atomic E-state index is 0.00690. The second-order valence-corrected chi connectivity index (χ2v) is 3.62. The fourth-order valence-corrected chi connectivity index (χ4v) is 1.99. The predicted octanol–water partition coefficient (Wildman–Crippen LogP) is 0.802. The minimum atomic E-state index is 0.00690. The number of nitrogens with one attached hydrogen (secondary N) is 1. The number of allylic oxidation sites excluding steroid dienone is 2. The molecule has 0 aromatic rings. The molecular weight excluding hydrogens is 178 g/mol. The lowest BCUT2D eigenvalue weighted by Gasteiger charge is -2.36. The van der Waals surface area contributed by atoms with Gasteiger partial charge in [-0.1, -0.05) is 0 Å². The molecule has 1 atom stereocenters. The number of hydrogen-bond acceptors (Lipinski definition) is 3. The van der Waals surface area contributed by atoms with Gasteiger partial charge in [0, 0.05) is 24.0 Å². The molecule has 2 aliphatic rings. The van der Waals surface area contributed by atoms with Crippen LogP contribution in [-0.2, 0) is 4.79 Å². The molecule has 0 spiro atoms. The largest absolute Gasteiger partial charge is 0.364 e. The lowest BCUT2D eigenvalue weighted by molar-refractivity contribution is -0.142. The van der Waals surface area contributed by atoms with E-state index in [1.807, 2.05) is 25.8 Å². The molecule has 0 radical (unpaired) electrons. The molecule has 1 N–H and O–H groups in total. The summed E-state index contributed by atoms with van der Waals surface area (Å²) in [5.74, 6) is 0.0567. The van der Waals surface area contributed by atoms with Crippen molar-refractivity contribution in [3.8, 4) is 0 Å². The molecular formula is C10H15N3O. The van der Waals surface area contributed by atoms with E-state index in [1.165, 1.54) is 0 Å². The summed E-state index contributed by atoms with van der Waals surface area (Å²) in [6.45, 7) is 6.79. The van der Waals surface area contributed by atoms with Crippen LogP contribution in [0, 0.1) is 0 Å². The molecule has 0 fully saturated rings. The van der Waals surface area contributed by atoms with Crippen LogP contribution >= 0.6 is 0 Å². The maximum atomic E-state index is 11.7. The van der Waals surface area contributed by atoms with Gasteiger partial charge in [0.2, 0.25) is 0 Å². The van der Waals surface area contributed by atoms with Crippen molar-refractivity contribution in [2.24, 2.45) is 0 Å². The van der Waals surface area contributed by atoms with Gasteiger partial charge < -0.3 is 5.32 Å². The van der Waals surface area contributed by atoms with Crippen LogP contribution in [0.1, 0.15) is 20.8 Å². The minimum Gasteiger partial charge on any atom is -0.364 e. The number of nitrogens with zero attached hydrogens (tertiary/aromatic N) is 2. The SMILES string of the molecule is CCN1C(C)=CC2NC(C)=CC(=O)N21. The van der Waals surface area contributed by atoms with E-state index in [-0.39, 0.29) is 12.1 Å². The Hall–Kier alpha value is -1.45. The Balaban J connectivity index is 2.31. The number of rotatable bonds is 1. The van der Waals surface area contributed by atoms with Crippen LogP contribution in [0.5, 0.6) is 0 Å². The van der Waals surface area contributed by atoms with Gasteiger partial charge in [-0.25, -0.2) is 5.01 Å². The number of hydrazine groups is 1. The molecule has 4 nitrogen and oxygen atoms in total. The van der Waals surface area contributed by atoms with Crippen molar-refractivity contribution in [1.82, 2.24) is 15.3 Å². The van der Waals surface area contributed by atoms with Crippen LogP contribution in [0.3, 0.4) is 0 Å². The van der Waals surface area contributed by atoms with Gasteiger partial charge >= 0.3 is 0 Å². The highest BCUT2D eigenvalue weighted by Crippen LogP contribution is 2.24. The predicted molar refractivity (Wildman–Crippen MR) is 53.7 cm³/mol. The third-order valence-corrected chi connectivity index (χ3v) is 2.57. The average Bonchev–Trinajstić information content (AvgIpc) is 2.40. The second-order valence-electron chi connectivity index (χ2n) is 3.62. The molecule has 14 heavy (non-hydrogen) atoms. The van der Waals surface area contributed by atoms with E-state index in [0.717, 1.165) is 17.9 Å². The van der Waals surface area contributed by atoms with Gasteiger partial charge in [-0.2, -0.15) is 0 Å². The molecule has 2 aliphatic heterocycles. The van der Waals surface area contributed by atoms with Crippen molar-refractivity contribution >= 4 is 5.91 Å². The molecule has 2 heterocycles. The summed E-state index contributed by atoms with van der Waals surface area (Å²) < 4.78 is 0. The monoisotopic (exact) mass is 193 g/mol. The summed E-state index contributed by atoms with van der Waals surface area (Å²) in [6, 6.07) is 0. The van der Waals surface area contributed by atoms with E-state index < -0.39 is 0 Å². The summed E-state index contributed by atoms with van der Waals surface area (Å²) in [5, 5.41) is 6.99. The van der Waals surface area contributed by atoms with Crippen molar-refractivity contribution < 1.29 is 4.79 Å². The van der Waals surface area contributed by atoms with Gasteiger partial charge in [0.05, 0.1) is 0 Å². The topological polar surface area (TPSA) is 35.6 Å². The van der Waals surface area contributed by atoms with Gasteiger partial charge in [-0.15, -0.1) is 0 Å². The second kappa shape index (κ2) is 3.04. The molecule has 0 aliphatic carbocycles. The highest BCUT2D eigenvalue weighted by molar-refractivity contribution is 5.89. The van der Waals surface area contributed by atoms with Crippen LogP contribution in [0.15, 0.2) is 23.5 Å². The van der Waals surface area contributed by atoms with Gasteiger partial charge in [0.15, 0.2) is 0 Å². The number of fused-ring (bicyclic) bond motifs is 1. The van der Waals surface area contributed by atoms with Crippen LogP contribution in [0.4, 0.5) is 0 Å². The summed E-state index contributed by atoms with van der Waals surface area (Å²) in [7, 11) is 0. The Bertz CT molecular complexity index is 332. The number of carbonyl (C=O) groups excluding carboxylic acids is 1. The normalized spacial score (nSPS) is 25.6. The van der Waals surface area contributed by atoms with Gasteiger partial charge in [-0.05, 0) is 26.8 Å². The first-order valence-electron chi connectivity index (χ1n) is 4.87. The molecule has 0 saturated heterocycles. The van der Waals surface area contributed by atoms with Crippen molar-refractivity contribution in [2.75, 3.05) is 6.54 Å². The first kappa shape index (κ1) is 9.12. The molecule has 0 aromatic heterocycles. The highest BCUT2D eigenvalue weighted by Gasteiger charge is 2.34. The molecule has 1 amide bonds. The molecule has 76 valence electrons. The van der Waals surface area contributed by atoms with E-state index >= 15 is 0 Å². The van der Waals surface area contributed by atoms with Crippen LogP contribution in [0.2, 0.25) is 0 Å². The molecule has 0 bridgehead atoms. The Morgan fingerprint density at radius 1 is 1.50 bits per heavy atom.